The molecule has 0 aliphatic carbocycles. The third-order valence-corrected chi connectivity index (χ3v) is 4.14. The molecular weight excluding hydrogens is 378 g/mol. The number of hydrogen-bond acceptors (Lipinski definition) is 5. The molecule has 6 nitrogen and oxygen atoms in total. The zero-order valence-corrected chi connectivity index (χ0v) is 14.7. The average Bonchev–Trinajstić information content (AvgIpc) is 3.16. The molecule has 10 heteroatoms. The molecule has 0 amide bonds. The van der Waals surface area contributed by atoms with Crippen molar-refractivity contribution in [1.29, 1.82) is 0 Å². The van der Waals surface area contributed by atoms with E-state index >= 15 is 0 Å². The molecule has 0 spiro atoms. The number of hydrogen-bond donors (Lipinski definition) is 3. The second-order valence-corrected chi connectivity index (χ2v) is 6.24. The van der Waals surface area contributed by atoms with Crippen LogP contribution in [0.5, 0.6) is 0 Å². The van der Waals surface area contributed by atoms with Crippen molar-refractivity contribution in [2.45, 2.75) is 31.7 Å². The first-order chi connectivity index (χ1) is 13.2. The summed E-state index contributed by atoms with van der Waals surface area (Å²) in [4.78, 5) is 8.08. The summed E-state index contributed by atoms with van der Waals surface area (Å²) in [7, 11) is 0. The van der Waals surface area contributed by atoms with E-state index < -0.39 is 29.7 Å². The molecule has 3 aromatic rings. The minimum atomic E-state index is -4.82. The van der Waals surface area contributed by atoms with Crippen molar-refractivity contribution in [2.75, 3.05) is 5.32 Å². The molecule has 28 heavy (non-hydrogen) atoms. The first kappa shape index (κ1) is 19.7. The quantitative estimate of drug-likeness (QED) is 0.551. The summed E-state index contributed by atoms with van der Waals surface area (Å²) in [6.45, 7) is 1.78. The van der Waals surface area contributed by atoms with Crippen LogP contribution in [0.3, 0.4) is 0 Å². The molecule has 148 valence electrons. The number of H-pyrrole nitrogens is 1. The van der Waals surface area contributed by atoms with Crippen molar-refractivity contribution < 1.29 is 22.7 Å². The lowest BCUT2D eigenvalue weighted by Crippen LogP contribution is -2.17. The van der Waals surface area contributed by atoms with Gasteiger partial charge in [-0.25, -0.2) is 9.37 Å². The summed E-state index contributed by atoms with van der Waals surface area (Å²) in [6, 6.07) is 5.28. The number of nitrogens with one attached hydrogen (secondary N) is 2. The Labute approximate surface area is 157 Å². The van der Waals surface area contributed by atoms with Gasteiger partial charge < -0.3 is 10.4 Å². The van der Waals surface area contributed by atoms with Gasteiger partial charge in [0.15, 0.2) is 0 Å². The molecule has 2 unspecified atom stereocenters. The number of benzene rings is 1. The van der Waals surface area contributed by atoms with E-state index in [0.717, 1.165) is 6.07 Å². The van der Waals surface area contributed by atoms with Crippen molar-refractivity contribution in [3.05, 3.63) is 71.3 Å². The highest BCUT2D eigenvalue weighted by molar-refractivity contribution is 5.48. The van der Waals surface area contributed by atoms with Crippen LogP contribution in [0.25, 0.3) is 0 Å². The highest BCUT2D eigenvalue weighted by atomic mass is 19.4. The van der Waals surface area contributed by atoms with Crippen LogP contribution in [0.1, 0.15) is 41.2 Å². The van der Waals surface area contributed by atoms with E-state index in [1.165, 1.54) is 12.4 Å². The van der Waals surface area contributed by atoms with Gasteiger partial charge in [-0.2, -0.15) is 18.3 Å². The fourth-order valence-corrected chi connectivity index (χ4v) is 2.79. The Kier molecular flexibility index (Phi) is 5.59. The summed E-state index contributed by atoms with van der Waals surface area (Å²) in [6.07, 6.45) is -2.87. The fourth-order valence-electron chi connectivity index (χ4n) is 2.79. The van der Waals surface area contributed by atoms with E-state index in [9.17, 15) is 22.7 Å². The van der Waals surface area contributed by atoms with Gasteiger partial charge in [-0.05, 0) is 42.8 Å². The molecule has 0 aliphatic heterocycles. The summed E-state index contributed by atoms with van der Waals surface area (Å²) < 4.78 is 52.4. The van der Waals surface area contributed by atoms with Crippen LogP contribution in [0, 0.1) is 12.7 Å². The topological polar surface area (TPSA) is 86.7 Å². The average molecular weight is 395 g/mol. The number of aliphatic hydroxyl groups is 1. The van der Waals surface area contributed by atoms with E-state index in [0.29, 0.717) is 23.1 Å². The van der Waals surface area contributed by atoms with Gasteiger partial charge in [0.2, 0.25) is 0 Å². The van der Waals surface area contributed by atoms with Gasteiger partial charge >= 0.3 is 6.18 Å². The summed E-state index contributed by atoms with van der Waals surface area (Å²) in [5.74, 6) is -1.04. The first-order valence-electron chi connectivity index (χ1n) is 8.33. The van der Waals surface area contributed by atoms with Gasteiger partial charge in [0, 0.05) is 24.0 Å². The third kappa shape index (κ3) is 4.63. The zero-order chi connectivity index (χ0) is 20.3. The number of halogens is 4. The van der Waals surface area contributed by atoms with Crippen molar-refractivity contribution in [2.24, 2.45) is 0 Å². The maximum absolute atomic E-state index is 13.5. The molecule has 0 saturated carbocycles. The highest BCUT2D eigenvalue weighted by Gasteiger charge is 2.34. The molecule has 0 saturated heterocycles. The highest BCUT2D eigenvalue weighted by Crippen LogP contribution is 2.34. The van der Waals surface area contributed by atoms with E-state index in [1.807, 2.05) is 0 Å². The number of aryl methyl sites for hydroxylation is 1. The molecule has 0 fully saturated rings. The maximum atomic E-state index is 13.5. The normalized spacial score (nSPS) is 13.9. The number of alkyl halides is 3. The molecule has 2 heterocycles. The second-order valence-electron chi connectivity index (χ2n) is 6.24. The van der Waals surface area contributed by atoms with Crippen LogP contribution in [-0.4, -0.2) is 25.3 Å². The molecule has 3 N–H and O–H groups in total. The van der Waals surface area contributed by atoms with Crippen molar-refractivity contribution in [3.8, 4) is 0 Å². The number of anilines is 1. The molecule has 1 aromatic carbocycles. The van der Waals surface area contributed by atoms with Crippen LogP contribution < -0.4 is 5.32 Å². The molecule has 3 rings (SSSR count). The largest absolute Gasteiger partial charge is 0.419 e. The van der Waals surface area contributed by atoms with Gasteiger partial charge in [0.1, 0.15) is 18.0 Å². The predicted octanol–water partition coefficient (Wildman–Crippen LogP) is 3.94. The Hall–Kier alpha value is -3.01. The van der Waals surface area contributed by atoms with Crippen LogP contribution >= 0.6 is 0 Å². The summed E-state index contributed by atoms with van der Waals surface area (Å²) in [5, 5.41) is 19.8. The van der Waals surface area contributed by atoms with E-state index in [-0.39, 0.29) is 12.1 Å². The van der Waals surface area contributed by atoms with Crippen molar-refractivity contribution >= 4 is 5.69 Å². The lowest BCUT2D eigenvalue weighted by atomic mass is 10.0. The zero-order valence-electron chi connectivity index (χ0n) is 14.7. The number of rotatable bonds is 6. The Balaban J connectivity index is 1.86. The van der Waals surface area contributed by atoms with E-state index in [1.54, 1.807) is 25.3 Å². The standard InChI is InChI=1S/C18H17F4N5O/c1-10-6-11(4-5-23-10)16(28)8-15(17-24-9-25-27-17)26-12-2-3-14(19)13(7-12)18(20,21)22/h2-7,9,15-16,26,28H,8H2,1H3,(H,24,25,27). The number of aromatic nitrogens is 4. The molecule has 0 aliphatic rings. The molecule has 0 bridgehead atoms. The Bertz CT molecular complexity index is 930. The van der Waals surface area contributed by atoms with Gasteiger partial charge in [-0.3, -0.25) is 10.1 Å². The number of pyridine rings is 1. The van der Waals surface area contributed by atoms with Gasteiger partial charge in [-0.1, -0.05) is 0 Å². The van der Waals surface area contributed by atoms with Crippen LogP contribution in [0.4, 0.5) is 23.2 Å². The van der Waals surface area contributed by atoms with Gasteiger partial charge in [0.05, 0.1) is 17.7 Å². The van der Waals surface area contributed by atoms with E-state index in [4.69, 9.17) is 0 Å². The summed E-state index contributed by atoms with van der Waals surface area (Å²) >= 11 is 0. The molecule has 0 radical (unpaired) electrons. The van der Waals surface area contributed by atoms with Gasteiger partial charge in [0.25, 0.3) is 0 Å². The van der Waals surface area contributed by atoms with Crippen LogP contribution in [-0.2, 0) is 6.18 Å². The lowest BCUT2D eigenvalue weighted by Gasteiger charge is -2.22. The molecular formula is C18H17F4N5O. The van der Waals surface area contributed by atoms with Crippen molar-refractivity contribution in [1.82, 2.24) is 20.2 Å². The van der Waals surface area contributed by atoms with Crippen molar-refractivity contribution in [3.63, 3.8) is 0 Å². The fraction of sp³-hybridized carbons (Fsp3) is 0.278. The van der Waals surface area contributed by atoms with Gasteiger partial charge in [-0.15, -0.1) is 0 Å². The number of nitrogens with zero attached hydrogens (tertiary/aromatic N) is 3. The summed E-state index contributed by atoms with van der Waals surface area (Å²) in [5.41, 5.74) is -0.0182. The Morgan fingerprint density at radius 3 is 2.61 bits per heavy atom. The lowest BCUT2D eigenvalue weighted by molar-refractivity contribution is -0.139. The number of aliphatic hydroxyl groups excluding tert-OH is 1. The Morgan fingerprint density at radius 1 is 1.18 bits per heavy atom. The van der Waals surface area contributed by atoms with Crippen LogP contribution in [0.15, 0.2) is 42.9 Å². The smallest absolute Gasteiger partial charge is 0.388 e. The Morgan fingerprint density at radius 2 is 1.96 bits per heavy atom. The molecule has 2 atom stereocenters. The SMILES string of the molecule is Cc1cc(C(O)CC(Nc2ccc(F)c(C(F)(F)F)c2)c2ncn[nH]2)ccn1. The molecule has 2 aromatic heterocycles. The number of aromatic amines is 1. The van der Waals surface area contributed by atoms with Crippen LogP contribution in [0.2, 0.25) is 0 Å². The second kappa shape index (κ2) is 7.93. The monoisotopic (exact) mass is 395 g/mol. The minimum Gasteiger partial charge on any atom is -0.388 e. The maximum Gasteiger partial charge on any atom is 0.419 e. The predicted molar refractivity (Wildman–Crippen MR) is 92.7 cm³/mol. The van der Waals surface area contributed by atoms with E-state index in [2.05, 4.69) is 25.5 Å². The third-order valence-electron chi connectivity index (χ3n) is 4.14. The first-order valence-corrected chi connectivity index (χ1v) is 8.33. The minimum absolute atomic E-state index is 0.0354.